The van der Waals surface area contributed by atoms with E-state index in [1.54, 1.807) is 18.2 Å². The zero-order chi connectivity index (χ0) is 23.3. The van der Waals surface area contributed by atoms with Gasteiger partial charge in [0.05, 0.1) is 18.2 Å². The zero-order valence-corrected chi connectivity index (χ0v) is 18.4. The third-order valence-corrected chi connectivity index (χ3v) is 6.30. The summed E-state index contributed by atoms with van der Waals surface area (Å²) in [5, 5.41) is 0. The topological polar surface area (TPSA) is 54.4 Å². The van der Waals surface area contributed by atoms with Gasteiger partial charge in [0.2, 0.25) is 5.91 Å². The van der Waals surface area contributed by atoms with E-state index in [-0.39, 0.29) is 29.3 Å². The Balaban J connectivity index is 1.54. The van der Waals surface area contributed by atoms with Gasteiger partial charge in [0.15, 0.2) is 5.75 Å². The molecule has 6 nitrogen and oxygen atoms in total. The van der Waals surface area contributed by atoms with E-state index in [1.165, 1.54) is 13.2 Å². The van der Waals surface area contributed by atoms with Crippen molar-refractivity contribution >= 4 is 17.4 Å². The van der Waals surface area contributed by atoms with Crippen LogP contribution in [0.1, 0.15) is 30.9 Å². The van der Waals surface area contributed by atoms with Crippen molar-refractivity contribution in [3.63, 3.8) is 0 Å². The van der Waals surface area contributed by atoms with E-state index < -0.39 is 11.7 Å². The second kappa shape index (κ2) is 7.97. The molecule has 2 heterocycles. The van der Waals surface area contributed by atoms with Crippen LogP contribution in [0.2, 0.25) is 0 Å². The second-order valence-electron chi connectivity index (χ2n) is 8.68. The molecule has 1 amide bonds. The molecule has 2 aromatic rings. The Bertz CT molecular complexity index is 1130. The molecule has 1 saturated carbocycles. The molecule has 3 aliphatic rings. The number of carbonyl (C=O) groups excluding carboxylic acids is 1. The van der Waals surface area contributed by atoms with Crippen LogP contribution in [0.4, 0.5) is 18.9 Å². The Morgan fingerprint density at radius 2 is 1.91 bits per heavy atom. The van der Waals surface area contributed by atoms with E-state index in [9.17, 15) is 18.0 Å². The molecule has 1 atom stereocenters. The molecule has 33 heavy (non-hydrogen) atoms. The molecule has 2 fully saturated rings. The van der Waals surface area contributed by atoms with Crippen molar-refractivity contribution in [2.45, 2.75) is 32.0 Å². The Labute approximate surface area is 189 Å². The molecule has 0 aromatic heterocycles. The predicted molar refractivity (Wildman–Crippen MR) is 116 cm³/mol. The summed E-state index contributed by atoms with van der Waals surface area (Å²) < 4.78 is 51.4. The third-order valence-electron chi connectivity index (χ3n) is 6.30. The van der Waals surface area contributed by atoms with Crippen LogP contribution in [0.15, 0.2) is 41.4 Å². The maximum absolute atomic E-state index is 13.4. The quantitative estimate of drug-likeness (QED) is 0.645. The minimum absolute atomic E-state index is 0.0404. The minimum Gasteiger partial charge on any atom is -0.497 e. The monoisotopic (exact) mass is 459 g/mol. The maximum atomic E-state index is 13.4. The van der Waals surface area contributed by atoms with Gasteiger partial charge in [0.25, 0.3) is 0 Å². The van der Waals surface area contributed by atoms with Gasteiger partial charge in [-0.2, -0.15) is 13.2 Å². The van der Waals surface area contributed by atoms with Crippen molar-refractivity contribution in [1.82, 2.24) is 9.80 Å². The number of amidine groups is 1. The van der Waals surface area contributed by atoms with E-state index in [2.05, 4.69) is 4.99 Å². The van der Waals surface area contributed by atoms with Crippen LogP contribution in [0, 0.1) is 5.92 Å². The summed E-state index contributed by atoms with van der Waals surface area (Å²) in [6, 6.07) is 8.53. The van der Waals surface area contributed by atoms with Crippen molar-refractivity contribution in [2.75, 3.05) is 26.7 Å². The van der Waals surface area contributed by atoms with Crippen LogP contribution in [-0.2, 0) is 11.0 Å². The number of benzene rings is 2. The Kier molecular flexibility index (Phi) is 5.22. The standard InChI is InChI=1S/C24H24F3N3O3/c1-14-13-29(9-10-30(14)23(31)15-3-4-15)22-18-7-6-17(32-2)12-21(18)33-20-8-5-16(24(25,26)27)11-19(20)28-22/h5-8,11-12,14-15H,3-4,9-10,13H2,1-2H3. The van der Waals surface area contributed by atoms with Crippen molar-refractivity contribution in [3.05, 3.63) is 47.5 Å². The van der Waals surface area contributed by atoms with E-state index in [0.717, 1.165) is 25.0 Å². The van der Waals surface area contributed by atoms with Gasteiger partial charge < -0.3 is 19.3 Å². The van der Waals surface area contributed by atoms with Crippen LogP contribution < -0.4 is 9.47 Å². The Morgan fingerprint density at radius 1 is 1.12 bits per heavy atom. The van der Waals surface area contributed by atoms with Crippen molar-refractivity contribution in [1.29, 1.82) is 0 Å². The lowest BCUT2D eigenvalue weighted by atomic mass is 10.1. The third kappa shape index (κ3) is 4.12. The van der Waals surface area contributed by atoms with Crippen LogP contribution in [0.3, 0.4) is 0 Å². The number of piperazine rings is 1. The normalized spacial score (nSPS) is 20.3. The highest BCUT2D eigenvalue weighted by Crippen LogP contribution is 2.43. The number of hydrogen-bond acceptors (Lipinski definition) is 5. The number of hydrogen-bond donors (Lipinski definition) is 0. The van der Waals surface area contributed by atoms with Gasteiger partial charge in [-0.1, -0.05) is 0 Å². The number of alkyl halides is 3. The summed E-state index contributed by atoms with van der Waals surface area (Å²) >= 11 is 0. The van der Waals surface area contributed by atoms with Crippen LogP contribution in [0.5, 0.6) is 17.2 Å². The summed E-state index contributed by atoms with van der Waals surface area (Å²) in [5.41, 5.74) is -0.0152. The lowest BCUT2D eigenvalue weighted by molar-refractivity contribution is -0.137. The average Bonchev–Trinajstić information content (AvgIpc) is 3.63. The summed E-state index contributed by atoms with van der Waals surface area (Å²) in [7, 11) is 1.54. The number of amides is 1. The molecule has 174 valence electrons. The zero-order valence-electron chi connectivity index (χ0n) is 18.4. The van der Waals surface area contributed by atoms with Crippen molar-refractivity contribution in [2.24, 2.45) is 10.9 Å². The number of methoxy groups -OCH3 is 1. The second-order valence-corrected chi connectivity index (χ2v) is 8.68. The molecular weight excluding hydrogens is 435 g/mol. The highest BCUT2D eigenvalue weighted by Gasteiger charge is 2.38. The van der Waals surface area contributed by atoms with Gasteiger partial charge >= 0.3 is 6.18 Å². The molecule has 1 saturated heterocycles. The van der Waals surface area contributed by atoms with Gasteiger partial charge in [-0.15, -0.1) is 0 Å². The Morgan fingerprint density at radius 3 is 2.58 bits per heavy atom. The molecule has 1 unspecified atom stereocenters. The average molecular weight is 459 g/mol. The lowest BCUT2D eigenvalue weighted by Gasteiger charge is -2.41. The van der Waals surface area contributed by atoms with Crippen LogP contribution in [0.25, 0.3) is 0 Å². The van der Waals surface area contributed by atoms with Crippen molar-refractivity contribution in [3.8, 4) is 17.2 Å². The molecule has 9 heteroatoms. The van der Waals surface area contributed by atoms with Crippen LogP contribution in [-0.4, -0.2) is 54.3 Å². The molecule has 0 radical (unpaired) electrons. The largest absolute Gasteiger partial charge is 0.497 e. The fourth-order valence-corrected chi connectivity index (χ4v) is 4.34. The number of halogens is 3. The van der Waals surface area contributed by atoms with Gasteiger partial charge in [0.1, 0.15) is 23.0 Å². The number of nitrogens with zero attached hydrogens (tertiary/aromatic N) is 3. The number of ether oxygens (including phenoxy) is 2. The molecule has 0 spiro atoms. The first kappa shape index (κ1) is 21.6. The van der Waals surface area contributed by atoms with E-state index >= 15 is 0 Å². The number of rotatable bonds is 2. The smallest absolute Gasteiger partial charge is 0.416 e. The maximum Gasteiger partial charge on any atom is 0.416 e. The summed E-state index contributed by atoms with van der Waals surface area (Å²) in [4.78, 5) is 21.2. The SMILES string of the molecule is COc1ccc2c(c1)Oc1ccc(C(F)(F)F)cc1N=C2N1CCN(C(=O)C2CC2)C(C)C1. The first-order valence-electron chi connectivity index (χ1n) is 11.0. The van der Waals surface area contributed by atoms with Gasteiger partial charge in [-0.25, -0.2) is 4.99 Å². The molecule has 5 rings (SSSR count). The van der Waals surface area contributed by atoms with E-state index in [4.69, 9.17) is 9.47 Å². The molecular formula is C24H24F3N3O3. The van der Waals surface area contributed by atoms with Crippen molar-refractivity contribution < 1.29 is 27.4 Å². The molecule has 2 aliphatic heterocycles. The van der Waals surface area contributed by atoms with Gasteiger partial charge in [-0.3, -0.25) is 4.79 Å². The molecule has 1 aliphatic carbocycles. The molecule has 2 aromatic carbocycles. The first-order chi connectivity index (χ1) is 15.7. The molecule has 0 N–H and O–H groups in total. The summed E-state index contributed by atoms with van der Waals surface area (Å²) in [6.45, 7) is 3.58. The number of carbonyl (C=O) groups is 1. The fraction of sp³-hybridized carbons (Fsp3) is 0.417. The van der Waals surface area contributed by atoms with Crippen LogP contribution >= 0.6 is 0 Å². The summed E-state index contributed by atoms with van der Waals surface area (Å²) in [6.07, 6.45) is -2.59. The Hall–Kier alpha value is -3.23. The summed E-state index contributed by atoms with van der Waals surface area (Å²) in [5.74, 6) is 2.12. The van der Waals surface area contributed by atoms with Gasteiger partial charge in [0, 0.05) is 37.7 Å². The molecule has 0 bridgehead atoms. The highest BCUT2D eigenvalue weighted by atomic mass is 19.4. The fourth-order valence-electron chi connectivity index (χ4n) is 4.34. The number of aliphatic imine (C=N–C) groups is 1. The van der Waals surface area contributed by atoms with E-state index in [0.29, 0.717) is 42.5 Å². The first-order valence-corrected chi connectivity index (χ1v) is 11.0. The van der Waals surface area contributed by atoms with Gasteiger partial charge in [-0.05, 0) is 50.1 Å². The van der Waals surface area contributed by atoms with E-state index in [1.807, 2.05) is 16.7 Å². The number of fused-ring (bicyclic) bond motifs is 2. The lowest BCUT2D eigenvalue weighted by Crippen LogP contribution is -2.56. The highest BCUT2D eigenvalue weighted by molar-refractivity contribution is 6.04. The predicted octanol–water partition coefficient (Wildman–Crippen LogP) is 4.84. The minimum atomic E-state index is -4.49.